The molecule has 0 saturated heterocycles. The number of rotatable bonds is 3. The molecule has 0 spiro atoms. The normalized spacial score (nSPS) is 9.90. The lowest BCUT2D eigenvalue weighted by Gasteiger charge is -2.04. The molecule has 0 aliphatic carbocycles. The Morgan fingerprint density at radius 1 is 0.633 bits per heavy atom. The molecule has 0 unspecified atom stereocenters. The number of benzene rings is 3. The summed E-state index contributed by atoms with van der Waals surface area (Å²) in [6, 6.07) is 17.7. The molecule has 0 fully saturated rings. The summed E-state index contributed by atoms with van der Waals surface area (Å²) in [5.41, 5.74) is 0.690. The number of hydrogen-bond acceptors (Lipinski definition) is 3. The molecule has 3 nitrogen and oxygen atoms in total. The van der Waals surface area contributed by atoms with Crippen LogP contribution < -0.4 is 0 Å². The van der Waals surface area contributed by atoms with Crippen molar-refractivity contribution in [1.82, 2.24) is 0 Å². The van der Waals surface area contributed by atoms with Gasteiger partial charge >= 0.3 is 6.18 Å². The van der Waals surface area contributed by atoms with Crippen LogP contribution in [0.25, 0.3) is 0 Å². The molecule has 0 heterocycles. The molecule has 8 heteroatoms. The standard InChI is InChI=1S/C8H5F3O.2C7H5ClO/c9-8(10,11)7-3-1-6(5-12)2-4-7;8-7-3-1-6(5-9)2-4-7;8-7-4-2-1-3-6(7)5-9/h1-5H;2*1-5H. The summed E-state index contributed by atoms with van der Waals surface area (Å²) < 4.78 is 35.8. The number of carbonyl (C=O) groups excluding carboxylic acids is 3. The van der Waals surface area contributed by atoms with Crippen LogP contribution in [0, 0.1) is 0 Å². The number of halogens is 5. The summed E-state index contributed by atoms with van der Waals surface area (Å²) in [7, 11) is 0. The van der Waals surface area contributed by atoms with Crippen LogP contribution in [0.15, 0.2) is 72.8 Å². The maximum absolute atomic E-state index is 11.9. The van der Waals surface area contributed by atoms with E-state index in [0.717, 1.165) is 36.8 Å². The minimum Gasteiger partial charge on any atom is -0.298 e. The van der Waals surface area contributed by atoms with Gasteiger partial charge in [0.1, 0.15) is 12.6 Å². The summed E-state index contributed by atoms with van der Waals surface area (Å²) in [6.07, 6.45) is -2.31. The largest absolute Gasteiger partial charge is 0.416 e. The molecule has 30 heavy (non-hydrogen) atoms. The van der Waals surface area contributed by atoms with Gasteiger partial charge in [-0.25, -0.2) is 0 Å². The van der Waals surface area contributed by atoms with E-state index in [9.17, 15) is 27.6 Å². The highest BCUT2D eigenvalue weighted by Gasteiger charge is 2.29. The van der Waals surface area contributed by atoms with Crippen LogP contribution in [0.4, 0.5) is 13.2 Å². The average molecular weight is 455 g/mol. The Hall–Kier alpha value is -2.96. The summed E-state index contributed by atoms with van der Waals surface area (Å²) in [5.74, 6) is 0. The average Bonchev–Trinajstić information content (AvgIpc) is 2.75. The lowest BCUT2D eigenvalue weighted by atomic mass is 10.1. The highest BCUT2D eigenvalue weighted by molar-refractivity contribution is 6.32. The van der Waals surface area contributed by atoms with Crippen molar-refractivity contribution in [3.8, 4) is 0 Å². The molecule has 0 aromatic heterocycles. The van der Waals surface area contributed by atoms with Gasteiger partial charge in [-0.15, -0.1) is 0 Å². The van der Waals surface area contributed by atoms with Gasteiger partial charge in [0, 0.05) is 21.7 Å². The van der Waals surface area contributed by atoms with Gasteiger partial charge < -0.3 is 0 Å². The van der Waals surface area contributed by atoms with Crippen LogP contribution in [0.3, 0.4) is 0 Å². The molecular formula is C22H15Cl2F3O3. The Kier molecular flexibility index (Phi) is 10.5. The second-order valence-corrected chi connectivity index (χ2v) is 6.39. The van der Waals surface area contributed by atoms with Gasteiger partial charge in [-0.2, -0.15) is 13.2 Å². The zero-order valence-corrected chi connectivity index (χ0v) is 16.8. The SMILES string of the molecule is O=Cc1ccc(C(F)(F)F)cc1.O=Cc1ccc(Cl)cc1.O=Cc1ccccc1Cl. The van der Waals surface area contributed by atoms with Crippen LogP contribution in [0.2, 0.25) is 10.0 Å². The third kappa shape index (κ3) is 9.03. The highest BCUT2D eigenvalue weighted by atomic mass is 35.5. The van der Waals surface area contributed by atoms with Gasteiger partial charge in [0.05, 0.1) is 10.6 Å². The molecule has 0 atom stereocenters. The lowest BCUT2D eigenvalue weighted by Crippen LogP contribution is -2.04. The molecule has 0 radical (unpaired) electrons. The zero-order valence-electron chi connectivity index (χ0n) is 15.3. The Balaban J connectivity index is 0.000000229. The Bertz CT molecular complexity index is 955. The first kappa shape index (κ1) is 25.1. The van der Waals surface area contributed by atoms with Crippen LogP contribution in [0.5, 0.6) is 0 Å². The van der Waals surface area contributed by atoms with E-state index in [2.05, 4.69) is 0 Å². The minimum atomic E-state index is -4.33. The molecule has 156 valence electrons. The Morgan fingerprint density at radius 3 is 1.47 bits per heavy atom. The first-order valence-corrected chi connectivity index (χ1v) is 8.99. The van der Waals surface area contributed by atoms with Crippen molar-refractivity contribution in [2.24, 2.45) is 0 Å². The smallest absolute Gasteiger partial charge is 0.298 e. The van der Waals surface area contributed by atoms with Gasteiger partial charge in [-0.05, 0) is 30.3 Å². The third-order valence-corrected chi connectivity index (χ3v) is 4.01. The van der Waals surface area contributed by atoms with Crippen molar-refractivity contribution in [2.75, 3.05) is 0 Å². The predicted molar refractivity (Wildman–Crippen MR) is 111 cm³/mol. The second-order valence-electron chi connectivity index (χ2n) is 5.55. The van der Waals surface area contributed by atoms with Gasteiger partial charge in [-0.1, -0.05) is 65.7 Å². The van der Waals surface area contributed by atoms with E-state index >= 15 is 0 Å². The van der Waals surface area contributed by atoms with Crippen LogP contribution >= 0.6 is 23.2 Å². The van der Waals surface area contributed by atoms with Crippen molar-refractivity contribution in [2.45, 2.75) is 6.18 Å². The highest BCUT2D eigenvalue weighted by Crippen LogP contribution is 2.28. The first-order valence-electron chi connectivity index (χ1n) is 8.24. The van der Waals surface area contributed by atoms with Crippen molar-refractivity contribution in [1.29, 1.82) is 0 Å². The number of alkyl halides is 3. The monoisotopic (exact) mass is 454 g/mol. The van der Waals surface area contributed by atoms with Crippen molar-refractivity contribution in [3.63, 3.8) is 0 Å². The molecule has 0 N–H and O–H groups in total. The Morgan fingerprint density at radius 2 is 1.10 bits per heavy atom. The number of carbonyl (C=O) groups is 3. The summed E-state index contributed by atoms with van der Waals surface area (Å²) in [5, 5.41) is 1.16. The topological polar surface area (TPSA) is 51.2 Å². The molecular weight excluding hydrogens is 440 g/mol. The fourth-order valence-corrected chi connectivity index (χ4v) is 2.17. The van der Waals surface area contributed by atoms with Gasteiger partial charge in [0.15, 0.2) is 6.29 Å². The van der Waals surface area contributed by atoms with Crippen LogP contribution in [-0.4, -0.2) is 18.9 Å². The maximum atomic E-state index is 11.9. The van der Waals surface area contributed by atoms with E-state index in [4.69, 9.17) is 23.2 Å². The molecule has 3 aromatic rings. The fraction of sp³-hybridized carbons (Fsp3) is 0.0455. The number of aldehydes is 3. The van der Waals surface area contributed by atoms with Gasteiger partial charge in [0.25, 0.3) is 0 Å². The molecule has 3 aromatic carbocycles. The van der Waals surface area contributed by atoms with E-state index in [-0.39, 0.29) is 5.56 Å². The van der Waals surface area contributed by atoms with Crippen molar-refractivity contribution < 1.29 is 27.6 Å². The zero-order chi connectivity index (χ0) is 22.6. The summed E-state index contributed by atoms with van der Waals surface area (Å²) in [6.45, 7) is 0. The van der Waals surface area contributed by atoms with Gasteiger partial charge in [-0.3, -0.25) is 14.4 Å². The quantitative estimate of drug-likeness (QED) is 0.407. The Labute approximate surface area is 181 Å². The van der Waals surface area contributed by atoms with E-state index in [1.807, 2.05) is 0 Å². The lowest BCUT2D eigenvalue weighted by molar-refractivity contribution is -0.137. The molecule has 0 bridgehead atoms. The molecule has 0 saturated carbocycles. The molecule has 0 aliphatic heterocycles. The second kappa shape index (κ2) is 12.6. The maximum Gasteiger partial charge on any atom is 0.416 e. The first-order chi connectivity index (χ1) is 14.2. The minimum absolute atomic E-state index is 0.239. The fourth-order valence-electron chi connectivity index (χ4n) is 1.86. The third-order valence-electron chi connectivity index (χ3n) is 3.41. The van der Waals surface area contributed by atoms with Crippen LogP contribution in [0.1, 0.15) is 36.6 Å². The number of hydrogen-bond donors (Lipinski definition) is 0. The van der Waals surface area contributed by atoms with Crippen molar-refractivity contribution >= 4 is 42.1 Å². The summed E-state index contributed by atoms with van der Waals surface area (Å²) >= 11 is 11.1. The molecule has 0 aliphatic rings. The van der Waals surface area contributed by atoms with Crippen molar-refractivity contribution in [3.05, 3.63) is 105 Å². The van der Waals surface area contributed by atoms with Gasteiger partial charge in [0.2, 0.25) is 0 Å². The molecule has 0 amide bonds. The van der Waals surface area contributed by atoms with E-state index in [0.29, 0.717) is 27.5 Å². The predicted octanol–water partition coefficient (Wildman–Crippen LogP) is 6.82. The van der Waals surface area contributed by atoms with E-state index < -0.39 is 11.7 Å². The van der Waals surface area contributed by atoms with E-state index in [1.165, 1.54) is 0 Å². The summed E-state index contributed by atoms with van der Waals surface area (Å²) in [4.78, 5) is 30.3. The van der Waals surface area contributed by atoms with Crippen LogP contribution in [-0.2, 0) is 6.18 Å². The van der Waals surface area contributed by atoms with E-state index in [1.54, 1.807) is 48.5 Å². The molecule has 3 rings (SSSR count).